The van der Waals surface area contributed by atoms with Gasteiger partial charge >= 0.3 is 0 Å². The van der Waals surface area contributed by atoms with Crippen molar-refractivity contribution in [3.05, 3.63) is 22.7 Å². The highest BCUT2D eigenvalue weighted by Gasteiger charge is 2.34. The van der Waals surface area contributed by atoms with Crippen LogP contribution in [0.2, 0.25) is 0 Å². The molecule has 1 N–H and O–H groups in total. The lowest BCUT2D eigenvalue weighted by atomic mass is 9.89. The van der Waals surface area contributed by atoms with Crippen molar-refractivity contribution >= 4 is 11.6 Å². The zero-order valence-corrected chi connectivity index (χ0v) is 16.6. The first-order chi connectivity index (χ1) is 12.6. The van der Waals surface area contributed by atoms with E-state index in [1.165, 1.54) is 46.3 Å². The van der Waals surface area contributed by atoms with Gasteiger partial charge in [0.05, 0.1) is 14.2 Å². The van der Waals surface area contributed by atoms with Crippen molar-refractivity contribution in [3.63, 3.8) is 0 Å². The standard InChI is InChI=1S/C21H34O5/c1-16-17(19(24)21(26-3)20(25-2)18(16)23)14-12-10-8-6-4-5-7-9-11-13-15-22/h22H,4-15H2,1-3H3. The maximum absolute atomic E-state index is 12.5. The lowest BCUT2D eigenvalue weighted by Crippen LogP contribution is -2.25. The molecule has 0 aromatic carbocycles. The third-order valence-corrected chi connectivity index (χ3v) is 4.93. The third kappa shape index (κ3) is 6.60. The van der Waals surface area contributed by atoms with E-state index >= 15 is 0 Å². The molecule has 0 amide bonds. The van der Waals surface area contributed by atoms with Crippen LogP contribution in [-0.2, 0) is 19.1 Å². The van der Waals surface area contributed by atoms with Crippen LogP contribution >= 0.6 is 0 Å². The van der Waals surface area contributed by atoms with E-state index in [-0.39, 0.29) is 23.1 Å². The smallest absolute Gasteiger partial charge is 0.228 e. The number of Topliss-reactive ketones (excluding diaryl/α,β-unsaturated/α-hetero) is 2. The van der Waals surface area contributed by atoms with Crippen LogP contribution in [0.1, 0.15) is 77.6 Å². The number of aliphatic hydroxyl groups is 1. The molecule has 0 atom stereocenters. The molecule has 0 aromatic heterocycles. The second-order valence-electron chi connectivity index (χ2n) is 6.84. The van der Waals surface area contributed by atoms with Crippen molar-refractivity contribution in [1.29, 1.82) is 0 Å². The number of ketones is 2. The number of ether oxygens (including phenoxy) is 2. The van der Waals surface area contributed by atoms with Crippen molar-refractivity contribution in [2.75, 3.05) is 20.8 Å². The molecule has 0 saturated carbocycles. The van der Waals surface area contributed by atoms with Gasteiger partial charge in [0.25, 0.3) is 0 Å². The van der Waals surface area contributed by atoms with E-state index in [0.29, 0.717) is 24.2 Å². The first kappa shape index (κ1) is 22.4. The number of methoxy groups -OCH3 is 2. The molecule has 0 bridgehead atoms. The average Bonchev–Trinajstić information content (AvgIpc) is 2.64. The fourth-order valence-corrected chi connectivity index (χ4v) is 3.32. The third-order valence-electron chi connectivity index (χ3n) is 4.93. The van der Waals surface area contributed by atoms with E-state index in [2.05, 4.69) is 0 Å². The maximum atomic E-state index is 12.5. The fourth-order valence-electron chi connectivity index (χ4n) is 3.32. The maximum Gasteiger partial charge on any atom is 0.228 e. The van der Waals surface area contributed by atoms with E-state index < -0.39 is 0 Å². The zero-order valence-electron chi connectivity index (χ0n) is 16.6. The summed E-state index contributed by atoms with van der Waals surface area (Å²) in [5, 5.41) is 8.73. The normalized spacial score (nSPS) is 15.1. The Kier molecular flexibility index (Phi) is 10.9. The van der Waals surface area contributed by atoms with Crippen LogP contribution in [0.25, 0.3) is 0 Å². The first-order valence-electron chi connectivity index (χ1n) is 9.80. The summed E-state index contributed by atoms with van der Waals surface area (Å²) >= 11 is 0. The van der Waals surface area contributed by atoms with Crippen LogP contribution in [-0.4, -0.2) is 37.5 Å². The Morgan fingerprint density at radius 2 is 1.12 bits per heavy atom. The summed E-state index contributed by atoms with van der Waals surface area (Å²) in [5.74, 6) is -0.429. The molecule has 0 fully saturated rings. The summed E-state index contributed by atoms with van der Waals surface area (Å²) in [7, 11) is 2.77. The predicted octanol–water partition coefficient (Wildman–Crippen LogP) is 4.24. The second kappa shape index (κ2) is 12.7. The molecule has 1 rings (SSSR count). The molecule has 0 aliphatic heterocycles. The molecule has 0 spiro atoms. The second-order valence-corrected chi connectivity index (χ2v) is 6.84. The Labute approximate surface area is 157 Å². The van der Waals surface area contributed by atoms with Gasteiger partial charge in [0.1, 0.15) is 0 Å². The van der Waals surface area contributed by atoms with Crippen LogP contribution in [0.3, 0.4) is 0 Å². The summed E-state index contributed by atoms with van der Waals surface area (Å²) in [6.45, 7) is 2.00. The van der Waals surface area contributed by atoms with Gasteiger partial charge in [0.15, 0.2) is 0 Å². The van der Waals surface area contributed by atoms with Crippen molar-refractivity contribution in [2.24, 2.45) is 0 Å². The largest absolute Gasteiger partial charge is 0.489 e. The van der Waals surface area contributed by atoms with Gasteiger partial charge in [-0.1, -0.05) is 51.4 Å². The minimum atomic E-state index is -0.250. The minimum absolute atomic E-state index is 0.0118. The average molecular weight is 366 g/mol. The van der Waals surface area contributed by atoms with Crippen LogP contribution in [0, 0.1) is 0 Å². The lowest BCUT2D eigenvalue weighted by molar-refractivity contribution is -0.121. The summed E-state index contributed by atoms with van der Waals surface area (Å²) in [4.78, 5) is 24.8. The molecule has 0 unspecified atom stereocenters. The van der Waals surface area contributed by atoms with Gasteiger partial charge in [0, 0.05) is 17.8 Å². The van der Waals surface area contributed by atoms with E-state index in [0.717, 1.165) is 32.1 Å². The zero-order chi connectivity index (χ0) is 19.4. The van der Waals surface area contributed by atoms with Gasteiger partial charge in [-0.25, -0.2) is 0 Å². The van der Waals surface area contributed by atoms with Crippen molar-refractivity contribution in [1.82, 2.24) is 0 Å². The number of carbonyl (C=O) groups excluding carboxylic acids is 2. The Bertz CT molecular complexity index is 531. The number of hydrogen-bond donors (Lipinski definition) is 1. The number of carbonyl (C=O) groups is 2. The quantitative estimate of drug-likeness (QED) is 0.368. The van der Waals surface area contributed by atoms with Gasteiger partial charge in [-0.3, -0.25) is 9.59 Å². The minimum Gasteiger partial charge on any atom is -0.489 e. The topological polar surface area (TPSA) is 72.8 Å². The molecule has 0 aromatic rings. The van der Waals surface area contributed by atoms with Gasteiger partial charge in [-0.05, 0) is 26.2 Å². The highest BCUT2D eigenvalue weighted by Crippen LogP contribution is 2.28. The summed E-state index contributed by atoms with van der Waals surface area (Å²) in [6, 6.07) is 0. The van der Waals surface area contributed by atoms with E-state index in [1.54, 1.807) is 6.92 Å². The summed E-state index contributed by atoms with van der Waals surface area (Å²) < 4.78 is 10.1. The molecule has 0 heterocycles. The summed E-state index contributed by atoms with van der Waals surface area (Å²) in [6.07, 6.45) is 11.9. The van der Waals surface area contributed by atoms with E-state index in [9.17, 15) is 9.59 Å². The Morgan fingerprint density at radius 3 is 1.58 bits per heavy atom. The monoisotopic (exact) mass is 366 g/mol. The molecule has 148 valence electrons. The van der Waals surface area contributed by atoms with E-state index in [1.807, 2.05) is 0 Å². The summed E-state index contributed by atoms with van der Waals surface area (Å²) in [5.41, 5.74) is 1.05. The van der Waals surface area contributed by atoms with Crippen molar-refractivity contribution in [2.45, 2.75) is 77.6 Å². The van der Waals surface area contributed by atoms with Crippen molar-refractivity contribution in [3.8, 4) is 0 Å². The Morgan fingerprint density at radius 1 is 0.692 bits per heavy atom. The molecule has 0 radical (unpaired) electrons. The molecule has 1 aliphatic carbocycles. The SMILES string of the molecule is COC1=C(OC)C(=O)C(CCCCCCCCCCCCO)=C(C)C1=O. The Balaban J connectivity index is 2.28. The number of allylic oxidation sites excluding steroid dienone is 2. The molecular formula is C21H34O5. The fraction of sp³-hybridized carbons (Fsp3) is 0.714. The van der Waals surface area contributed by atoms with Gasteiger partial charge in [-0.15, -0.1) is 0 Å². The van der Waals surface area contributed by atoms with Crippen LogP contribution in [0.5, 0.6) is 0 Å². The number of hydrogen-bond acceptors (Lipinski definition) is 5. The first-order valence-corrected chi connectivity index (χ1v) is 9.80. The molecule has 5 heteroatoms. The molecule has 1 aliphatic rings. The van der Waals surface area contributed by atoms with Crippen LogP contribution < -0.4 is 0 Å². The Hall–Kier alpha value is -1.62. The molecule has 26 heavy (non-hydrogen) atoms. The van der Waals surface area contributed by atoms with Crippen LogP contribution in [0.15, 0.2) is 22.7 Å². The molecular weight excluding hydrogens is 332 g/mol. The lowest BCUT2D eigenvalue weighted by Gasteiger charge is -2.20. The number of rotatable bonds is 14. The predicted molar refractivity (Wildman–Crippen MR) is 102 cm³/mol. The van der Waals surface area contributed by atoms with Crippen molar-refractivity contribution < 1.29 is 24.2 Å². The highest BCUT2D eigenvalue weighted by molar-refractivity contribution is 6.23. The molecule has 0 saturated heterocycles. The number of aliphatic hydroxyl groups excluding tert-OH is 1. The highest BCUT2D eigenvalue weighted by atomic mass is 16.5. The van der Waals surface area contributed by atoms with Gasteiger partial charge in [0.2, 0.25) is 23.1 Å². The van der Waals surface area contributed by atoms with E-state index in [4.69, 9.17) is 14.6 Å². The molecule has 5 nitrogen and oxygen atoms in total. The number of unbranched alkanes of at least 4 members (excludes halogenated alkanes) is 9. The van der Waals surface area contributed by atoms with Crippen LogP contribution in [0.4, 0.5) is 0 Å². The van der Waals surface area contributed by atoms with Gasteiger partial charge < -0.3 is 14.6 Å². The van der Waals surface area contributed by atoms with Gasteiger partial charge in [-0.2, -0.15) is 0 Å².